The molecule has 1 aromatic heterocycles. The Morgan fingerprint density at radius 1 is 1.19 bits per heavy atom. The van der Waals surface area contributed by atoms with Crippen molar-refractivity contribution in [2.24, 2.45) is 0 Å². The Labute approximate surface area is 159 Å². The average Bonchev–Trinajstić information content (AvgIpc) is 3.02. The average molecular weight is 395 g/mol. The maximum Gasteiger partial charge on any atom is 0.274 e. The maximum absolute atomic E-state index is 12.8. The van der Waals surface area contributed by atoms with E-state index in [4.69, 9.17) is 0 Å². The number of hydrogen-bond donors (Lipinski definition) is 0. The predicted octanol–water partition coefficient (Wildman–Crippen LogP) is -0.206. The first-order chi connectivity index (χ1) is 12.8. The molecule has 10 heteroatoms. The fourth-order valence-electron chi connectivity index (χ4n) is 3.59. The Morgan fingerprint density at radius 3 is 2.37 bits per heavy atom. The SMILES string of the molecule is CCN(C(=O)c1ccc(N2CCN(C(C)=O)CC2)nn1)C1CCS(=O)(=O)C1. The summed E-state index contributed by atoms with van der Waals surface area (Å²) in [5.41, 5.74) is 0.215. The van der Waals surface area contributed by atoms with Gasteiger partial charge in [0.15, 0.2) is 21.3 Å². The molecule has 9 nitrogen and oxygen atoms in total. The second-order valence-electron chi connectivity index (χ2n) is 6.92. The monoisotopic (exact) mass is 395 g/mol. The van der Waals surface area contributed by atoms with Crippen molar-refractivity contribution in [1.82, 2.24) is 20.0 Å². The minimum atomic E-state index is -3.06. The molecule has 0 aromatic carbocycles. The van der Waals surface area contributed by atoms with Crippen LogP contribution in [0.1, 0.15) is 30.8 Å². The van der Waals surface area contributed by atoms with Crippen molar-refractivity contribution < 1.29 is 18.0 Å². The molecule has 0 bridgehead atoms. The van der Waals surface area contributed by atoms with Crippen molar-refractivity contribution in [3.8, 4) is 0 Å². The standard InChI is InChI=1S/C17H25N5O4S/c1-3-22(14-6-11-27(25,26)12-14)17(24)15-4-5-16(19-18-15)21-9-7-20(8-10-21)13(2)23/h4-5,14H,3,6-12H2,1-2H3. The van der Waals surface area contributed by atoms with Gasteiger partial charge in [-0.15, -0.1) is 10.2 Å². The van der Waals surface area contributed by atoms with E-state index >= 15 is 0 Å². The summed E-state index contributed by atoms with van der Waals surface area (Å²) < 4.78 is 23.4. The van der Waals surface area contributed by atoms with Gasteiger partial charge in [-0.25, -0.2) is 8.42 Å². The molecule has 2 amide bonds. The molecule has 1 atom stereocenters. The van der Waals surface area contributed by atoms with Crippen LogP contribution in [-0.4, -0.2) is 90.5 Å². The van der Waals surface area contributed by atoms with Gasteiger partial charge in [0.2, 0.25) is 5.91 Å². The van der Waals surface area contributed by atoms with Crippen LogP contribution >= 0.6 is 0 Å². The lowest BCUT2D eigenvalue weighted by Crippen LogP contribution is -2.48. The summed E-state index contributed by atoms with van der Waals surface area (Å²) >= 11 is 0. The minimum Gasteiger partial charge on any atom is -0.352 e. The van der Waals surface area contributed by atoms with Gasteiger partial charge in [-0.2, -0.15) is 0 Å². The second kappa shape index (κ2) is 7.79. The molecular formula is C17H25N5O4S. The number of nitrogens with zero attached hydrogens (tertiary/aromatic N) is 5. The molecule has 1 unspecified atom stereocenters. The van der Waals surface area contributed by atoms with E-state index < -0.39 is 9.84 Å². The van der Waals surface area contributed by atoms with Crippen LogP contribution < -0.4 is 4.90 Å². The third-order valence-electron chi connectivity index (χ3n) is 5.17. The van der Waals surface area contributed by atoms with Crippen LogP contribution in [0.15, 0.2) is 12.1 Å². The highest BCUT2D eigenvalue weighted by Gasteiger charge is 2.34. The second-order valence-corrected chi connectivity index (χ2v) is 9.15. The van der Waals surface area contributed by atoms with Gasteiger partial charge in [0, 0.05) is 45.7 Å². The molecule has 0 spiro atoms. The molecule has 0 aliphatic carbocycles. The first-order valence-electron chi connectivity index (χ1n) is 9.16. The van der Waals surface area contributed by atoms with E-state index in [2.05, 4.69) is 10.2 Å². The van der Waals surface area contributed by atoms with Crippen molar-refractivity contribution in [1.29, 1.82) is 0 Å². The molecule has 0 N–H and O–H groups in total. The molecule has 2 saturated heterocycles. The highest BCUT2D eigenvalue weighted by atomic mass is 32.2. The van der Waals surface area contributed by atoms with E-state index in [1.807, 2.05) is 11.8 Å². The van der Waals surface area contributed by atoms with Crippen LogP contribution in [-0.2, 0) is 14.6 Å². The molecule has 3 rings (SSSR count). The Kier molecular flexibility index (Phi) is 5.64. The quantitative estimate of drug-likeness (QED) is 0.695. The maximum atomic E-state index is 12.8. The molecule has 0 radical (unpaired) electrons. The lowest BCUT2D eigenvalue weighted by molar-refractivity contribution is -0.129. The predicted molar refractivity (Wildman–Crippen MR) is 100 cm³/mol. The van der Waals surface area contributed by atoms with Crippen LogP contribution in [0.25, 0.3) is 0 Å². The van der Waals surface area contributed by atoms with E-state index in [0.29, 0.717) is 45.0 Å². The Hall–Kier alpha value is -2.23. The van der Waals surface area contributed by atoms with Crippen molar-refractivity contribution in [3.63, 3.8) is 0 Å². The third-order valence-corrected chi connectivity index (χ3v) is 6.92. The largest absolute Gasteiger partial charge is 0.352 e. The number of rotatable bonds is 4. The zero-order valence-corrected chi connectivity index (χ0v) is 16.5. The van der Waals surface area contributed by atoms with Crippen LogP contribution in [0.2, 0.25) is 0 Å². The lowest BCUT2D eigenvalue weighted by Gasteiger charge is -2.34. The number of anilines is 1. The molecule has 2 aliphatic rings. The van der Waals surface area contributed by atoms with Crippen LogP contribution in [0, 0.1) is 0 Å². The molecule has 3 heterocycles. The Balaban J connectivity index is 1.66. The number of carbonyl (C=O) groups excluding carboxylic acids is 2. The van der Waals surface area contributed by atoms with Gasteiger partial charge in [0.05, 0.1) is 11.5 Å². The summed E-state index contributed by atoms with van der Waals surface area (Å²) in [5, 5.41) is 8.24. The summed E-state index contributed by atoms with van der Waals surface area (Å²) in [6.07, 6.45) is 0.466. The lowest BCUT2D eigenvalue weighted by atomic mass is 10.2. The van der Waals surface area contributed by atoms with Gasteiger partial charge < -0.3 is 14.7 Å². The van der Waals surface area contributed by atoms with Gasteiger partial charge in [0.25, 0.3) is 5.91 Å². The van der Waals surface area contributed by atoms with Gasteiger partial charge in [-0.05, 0) is 25.5 Å². The van der Waals surface area contributed by atoms with Crippen molar-refractivity contribution >= 4 is 27.5 Å². The van der Waals surface area contributed by atoms with E-state index in [1.54, 1.807) is 28.9 Å². The molecular weight excluding hydrogens is 370 g/mol. The molecule has 1 aromatic rings. The van der Waals surface area contributed by atoms with Gasteiger partial charge in [-0.1, -0.05) is 0 Å². The molecule has 0 saturated carbocycles. The number of aromatic nitrogens is 2. The first kappa shape index (κ1) is 19.5. The number of carbonyl (C=O) groups is 2. The van der Waals surface area contributed by atoms with E-state index in [0.717, 1.165) is 0 Å². The molecule has 148 valence electrons. The summed E-state index contributed by atoms with van der Waals surface area (Å²) in [6.45, 7) is 6.43. The fraction of sp³-hybridized carbons (Fsp3) is 0.647. The zero-order chi connectivity index (χ0) is 19.6. The summed E-state index contributed by atoms with van der Waals surface area (Å²) in [4.78, 5) is 29.5. The van der Waals surface area contributed by atoms with Crippen LogP contribution in [0.5, 0.6) is 0 Å². The van der Waals surface area contributed by atoms with Crippen LogP contribution in [0.4, 0.5) is 5.82 Å². The highest BCUT2D eigenvalue weighted by molar-refractivity contribution is 7.91. The minimum absolute atomic E-state index is 0.0124. The van der Waals surface area contributed by atoms with E-state index in [1.165, 1.54) is 0 Å². The molecule has 2 aliphatic heterocycles. The topological polar surface area (TPSA) is 104 Å². The van der Waals surface area contributed by atoms with Gasteiger partial charge in [0.1, 0.15) is 0 Å². The van der Waals surface area contributed by atoms with Crippen LogP contribution in [0.3, 0.4) is 0 Å². The number of amides is 2. The smallest absolute Gasteiger partial charge is 0.274 e. The zero-order valence-electron chi connectivity index (χ0n) is 15.7. The van der Waals surface area contributed by atoms with Crippen molar-refractivity contribution in [3.05, 3.63) is 17.8 Å². The van der Waals surface area contributed by atoms with Crippen molar-refractivity contribution in [2.45, 2.75) is 26.3 Å². The van der Waals surface area contributed by atoms with Gasteiger partial charge >= 0.3 is 0 Å². The molecule has 27 heavy (non-hydrogen) atoms. The van der Waals surface area contributed by atoms with E-state index in [-0.39, 0.29) is 35.1 Å². The van der Waals surface area contributed by atoms with Crippen molar-refractivity contribution in [2.75, 3.05) is 49.1 Å². The number of sulfone groups is 1. The molecule has 2 fully saturated rings. The normalized spacial score (nSPS) is 21.9. The highest BCUT2D eigenvalue weighted by Crippen LogP contribution is 2.20. The number of piperazine rings is 1. The summed E-state index contributed by atoms with van der Waals surface area (Å²) in [5.74, 6) is 0.577. The Bertz CT molecular complexity index is 803. The summed E-state index contributed by atoms with van der Waals surface area (Å²) in [6, 6.07) is 3.09. The van der Waals surface area contributed by atoms with Gasteiger partial charge in [-0.3, -0.25) is 9.59 Å². The van der Waals surface area contributed by atoms with E-state index in [9.17, 15) is 18.0 Å². The first-order valence-corrected chi connectivity index (χ1v) is 11.0. The fourth-order valence-corrected chi connectivity index (χ4v) is 5.33. The summed E-state index contributed by atoms with van der Waals surface area (Å²) in [7, 11) is -3.06. The Morgan fingerprint density at radius 2 is 1.89 bits per heavy atom. The number of hydrogen-bond acceptors (Lipinski definition) is 7. The third kappa shape index (κ3) is 4.37.